The highest BCUT2D eigenvalue weighted by molar-refractivity contribution is 7.89. The van der Waals surface area contributed by atoms with Gasteiger partial charge in [0.2, 0.25) is 10.0 Å². The Morgan fingerprint density at radius 3 is 2.53 bits per heavy atom. The van der Waals surface area contributed by atoms with Gasteiger partial charge in [-0.25, -0.2) is 13.1 Å². The van der Waals surface area contributed by atoms with Crippen LogP contribution in [-0.4, -0.2) is 33.4 Å². The van der Waals surface area contributed by atoms with Crippen LogP contribution in [0.4, 0.5) is 0 Å². The second kappa shape index (κ2) is 6.16. The van der Waals surface area contributed by atoms with Crippen LogP contribution in [-0.2, 0) is 14.8 Å². The number of hydrogen-bond donors (Lipinski definition) is 1. The van der Waals surface area contributed by atoms with E-state index >= 15 is 0 Å². The first-order valence-electron chi connectivity index (χ1n) is 6.37. The average molecular weight is 263 g/mol. The average Bonchev–Trinajstić information content (AvgIpc) is 2.21. The third-order valence-corrected chi connectivity index (χ3v) is 5.19. The summed E-state index contributed by atoms with van der Waals surface area (Å²) >= 11 is 0. The van der Waals surface area contributed by atoms with Gasteiger partial charge in [0.15, 0.2) is 0 Å². The van der Waals surface area contributed by atoms with Crippen LogP contribution in [0.2, 0.25) is 0 Å². The van der Waals surface area contributed by atoms with E-state index in [4.69, 9.17) is 4.74 Å². The minimum Gasteiger partial charge on any atom is -0.381 e. The molecule has 1 N–H and O–H groups in total. The summed E-state index contributed by atoms with van der Waals surface area (Å²) in [5.74, 6) is 1.18. The van der Waals surface area contributed by atoms with E-state index < -0.39 is 10.0 Å². The second-order valence-electron chi connectivity index (χ2n) is 5.45. The first kappa shape index (κ1) is 14.9. The van der Waals surface area contributed by atoms with Gasteiger partial charge in [-0.3, -0.25) is 0 Å². The zero-order chi connectivity index (χ0) is 13.1. The largest absolute Gasteiger partial charge is 0.381 e. The van der Waals surface area contributed by atoms with Gasteiger partial charge in [-0.1, -0.05) is 13.8 Å². The van der Waals surface area contributed by atoms with Crippen molar-refractivity contribution in [2.24, 2.45) is 11.8 Å². The maximum atomic E-state index is 11.9. The van der Waals surface area contributed by atoms with Crippen molar-refractivity contribution in [3.8, 4) is 0 Å². The molecule has 1 rings (SSSR count). The van der Waals surface area contributed by atoms with Crippen LogP contribution in [0.25, 0.3) is 0 Å². The zero-order valence-electron chi connectivity index (χ0n) is 11.3. The maximum Gasteiger partial charge on any atom is 0.214 e. The molecule has 0 spiro atoms. The monoisotopic (exact) mass is 263 g/mol. The molecule has 0 aromatic heterocycles. The third kappa shape index (κ3) is 4.94. The molecule has 1 aliphatic rings. The number of methoxy groups -OCH3 is 1. The fourth-order valence-electron chi connectivity index (χ4n) is 2.50. The molecule has 5 heteroatoms. The summed E-state index contributed by atoms with van der Waals surface area (Å²) < 4.78 is 31.6. The van der Waals surface area contributed by atoms with Gasteiger partial charge < -0.3 is 4.74 Å². The topological polar surface area (TPSA) is 55.4 Å². The fourth-order valence-corrected chi connectivity index (χ4v) is 4.16. The van der Waals surface area contributed by atoms with Crippen molar-refractivity contribution in [1.82, 2.24) is 4.72 Å². The second-order valence-corrected chi connectivity index (χ2v) is 7.25. The molecule has 0 radical (unpaired) electrons. The summed E-state index contributed by atoms with van der Waals surface area (Å²) in [6.07, 6.45) is 2.90. The van der Waals surface area contributed by atoms with Crippen molar-refractivity contribution in [2.45, 2.75) is 52.2 Å². The number of rotatable bonds is 5. The van der Waals surface area contributed by atoms with E-state index in [2.05, 4.69) is 18.6 Å². The minimum absolute atomic E-state index is 0.0439. The Morgan fingerprint density at radius 1 is 1.35 bits per heavy atom. The Kier molecular flexibility index (Phi) is 5.41. The molecule has 0 aromatic carbocycles. The lowest BCUT2D eigenvalue weighted by Gasteiger charge is -2.33. The molecule has 4 atom stereocenters. The highest BCUT2D eigenvalue weighted by Gasteiger charge is 2.29. The Labute approximate surface area is 105 Å². The van der Waals surface area contributed by atoms with E-state index in [-0.39, 0.29) is 17.9 Å². The molecule has 0 amide bonds. The van der Waals surface area contributed by atoms with Gasteiger partial charge in [0.1, 0.15) is 0 Å². The summed E-state index contributed by atoms with van der Waals surface area (Å²) in [4.78, 5) is 0. The van der Waals surface area contributed by atoms with Crippen LogP contribution in [0, 0.1) is 11.8 Å². The van der Waals surface area contributed by atoms with Gasteiger partial charge in [0, 0.05) is 13.2 Å². The van der Waals surface area contributed by atoms with Gasteiger partial charge in [0.05, 0.1) is 11.9 Å². The predicted octanol–water partition coefficient (Wildman–Crippen LogP) is 1.77. The smallest absolute Gasteiger partial charge is 0.214 e. The highest BCUT2D eigenvalue weighted by Crippen LogP contribution is 2.28. The standard InChI is InChI=1S/C12H25NO3S/c1-9-5-6-12(10(2)7-9)13-17(14,15)8-11(3)16-4/h9-13H,5-8H2,1-4H3. The molecule has 17 heavy (non-hydrogen) atoms. The van der Waals surface area contributed by atoms with Crippen LogP contribution in [0.15, 0.2) is 0 Å². The number of hydrogen-bond acceptors (Lipinski definition) is 3. The minimum atomic E-state index is -3.22. The molecule has 1 aliphatic carbocycles. The van der Waals surface area contributed by atoms with Crippen LogP contribution < -0.4 is 4.72 Å². The van der Waals surface area contributed by atoms with Crippen molar-refractivity contribution >= 4 is 10.0 Å². The summed E-state index contributed by atoms with van der Waals surface area (Å²) in [5.41, 5.74) is 0. The summed E-state index contributed by atoms with van der Waals surface area (Å²) in [6, 6.07) is 0.0975. The molecular weight excluding hydrogens is 238 g/mol. The molecule has 1 saturated carbocycles. The van der Waals surface area contributed by atoms with Crippen molar-refractivity contribution in [3.05, 3.63) is 0 Å². The molecule has 1 fully saturated rings. The van der Waals surface area contributed by atoms with E-state index in [1.165, 1.54) is 7.11 Å². The van der Waals surface area contributed by atoms with E-state index in [1.54, 1.807) is 6.92 Å². The first-order chi connectivity index (χ1) is 7.84. The van der Waals surface area contributed by atoms with E-state index in [9.17, 15) is 8.42 Å². The summed E-state index contributed by atoms with van der Waals surface area (Å²) in [6.45, 7) is 6.13. The van der Waals surface area contributed by atoms with E-state index in [1.807, 2.05) is 0 Å². The number of nitrogens with one attached hydrogen (secondary N) is 1. The molecule has 102 valence electrons. The molecule has 0 aromatic rings. The molecule has 0 aliphatic heterocycles. The third-order valence-electron chi connectivity index (χ3n) is 3.62. The summed E-state index contributed by atoms with van der Waals surface area (Å²) in [7, 11) is -1.69. The van der Waals surface area contributed by atoms with Gasteiger partial charge in [-0.05, 0) is 38.0 Å². The van der Waals surface area contributed by atoms with Crippen molar-refractivity contribution in [1.29, 1.82) is 0 Å². The zero-order valence-corrected chi connectivity index (χ0v) is 12.1. The maximum absolute atomic E-state index is 11.9. The van der Waals surface area contributed by atoms with Gasteiger partial charge in [-0.15, -0.1) is 0 Å². The van der Waals surface area contributed by atoms with Crippen LogP contribution >= 0.6 is 0 Å². The van der Waals surface area contributed by atoms with Crippen molar-refractivity contribution in [2.75, 3.05) is 12.9 Å². The Bertz CT molecular complexity index is 329. The molecule has 4 nitrogen and oxygen atoms in total. The molecular formula is C12H25NO3S. The quantitative estimate of drug-likeness (QED) is 0.822. The van der Waals surface area contributed by atoms with Crippen LogP contribution in [0.5, 0.6) is 0 Å². The molecule has 0 heterocycles. The van der Waals surface area contributed by atoms with Crippen LogP contribution in [0.1, 0.15) is 40.0 Å². The van der Waals surface area contributed by atoms with Gasteiger partial charge in [0.25, 0.3) is 0 Å². The number of sulfonamides is 1. The van der Waals surface area contributed by atoms with Crippen molar-refractivity contribution < 1.29 is 13.2 Å². The molecule has 4 unspecified atom stereocenters. The van der Waals surface area contributed by atoms with Crippen molar-refractivity contribution in [3.63, 3.8) is 0 Å². The SMILES string of the molecule is COC(C)CS(=O)(=O)NC1CCC(C)CC1C. The lowest BCUT2D eigenvalue weighted by Crippen LogP contribution is -2.44. The molecule has 0 saturated heterocycles. The highest BCUT2D eigenvalue weighted by atomic mass is 32.2. The fraction of sp³-hybridized carbons (Fsp3) is 1.00. The van der Waals surface area contributed by atoms with Gasteiger partial charge >= 0.3 is 0 Å². The predicted molar refractivity (Wildman–Crippen MR) is 69.4 cm³/mol. The lowest BCUT2D eigenvalue weighted by atomic mass is 9.80. The molecule has 0 bridgehead atoms. The first-order valence-corrected chi connectivity index (χ1v) is 8.02. The van der Waals surface area contributed by atoms with Crippen LogP contribution in [0.3, 0.4) is 0 Å². The Morgan fingerprint density at radius 2 is 2.00 bits per heavy atom. The Hall–Kier alpha value is -0.130. The Balaban J connectivity index is 2.53. The normalized spacial score (nSPS) is 32.4. The lowest BCUT2D eigenvalue weighted by molar-refractivity contribution is 0.135. The summed E-state index contributed by atoms with van der Waals surface area (Å²) in [5, 5.41) is 0. The van der Waals surface area contributed by atoms with E-state index in [0.29, 0.717) is 11.8 Å². The number of ether oxygens (including phenoxy) is 1. The van der Waals surface area contributed by atoms with E-state index in [0.717, 1.165) is 19.3 Å². The van der Waals surface area contributed by atoms with Gasteiger partial charge in [-0.2, -0.15) is 0 Å².